The minimum Gasteiger partial charge on any atom is -0.384 e. The van der Waals surface area contributed by atoms with Gasteiger partial charge in [-0.1, -0.05) is 11.8 Å². The van der Waals surface area contributed by atoms with E-state index in [1.807, 2.05) is 31.4 Å². The van der Waals surface area contributed by atoms with Crippen molar-refractivity contribution in [2.75, 3.05) is 6.61 Å². The second kappa shape index (κ2) is 5.83. The minimum atomic E-state index is -0.244. The molecule has 0 aromatic carbocycles. The predicted molar refractivity (Wildman–Crippen MR) is 75.4 cm³/mol. The molecule has 5 heteroatoms. The average molecular weight is 274 g/mol. The van der Waals surface area contributed by atoms with Crippen molar-refractivity contribution < 1.29 is 5.11 Å². The summed E-state index contributed by atoms with van der Waals surface area (Å²) in [6.07, 6.45) is 0. The monoisotopic (exact) mass is 274 g/mol. The van der Waals surface area contributed by atoms with Gasteiger partial charge in [0, 0.05) is 21.8 Å². The number of nitrogens with zero attached hydrogens (tertiary/aromatic N) is 2. The molecule has 0 atom stereocenters. The number of aryl methyl sites for hydroxylation is 2. The van der Waals surface area contributed by atoms with Crippen LogP contribution in [0.5, 0.6) is 0 Å². The van der Waals surface area contributed by atoms with Crippen molar-refractivity contribution in [1.82, 2.24) is 9.55 Å². The maximum atomic E-state index is 11.9. The number of aliphatic hydroxyl groups is 1. The summed E-state index contributed by atoms with van der Waals surface area (Å²) in [6, 6.07) is 3.78. The van der Waals surface area contributed by atoms with Crippen molar-refractivity contribution in [2.24, 2.45) is 0 Å². The lowest BCUT2D eigenvalue weighted by atomic mass is 10.2. The van der Waals surface area contributed by atoms with Gasteiger partial charge in [-0.15, -0.1) is 11.3 Å². The first-order valence-corrected chi connectivity index (χ1v) is 6.71. The van der Waals surface area contributed by atoms with E-state index in [1.54, 1.807) is 15.9 Å². The second-order valence-corrected chi connectivity index (χ2v) is 5.13. The second-order valence-electron chi connectivity index (χ2n) is 4.12. The van der Waals surface area contributed by atoms with Gasteiger partial charge in [-0.3, -0.25) is 4.57 Å². The molecule has 19 heavy (non-hydrogen) atoms. The lowest BCUT2D eigenvalue weighted by molar-refractivity contribution is 0.350. The summed E-state index contributed by atoms with van der Waals surface area (Å²) in [5, 5.41) is 10.7. The van der Waals surface area contributed by atoms with Crippen LogP contribution in [-0.4, -0.2) is 21.3 Å². The summed E-state index contributed by atoms with van der Waals surface area (Å²) in [5.74, 6) is 5.51. The molecule has 0 radical (unpaired) electrons. The Morgan fingerprint density at radius 3 is 2.95 bits per heavy atom. The van der Waals surface area contributed by atoms with Crippen LogP contribution in [0.2, 0.25) is 0 Å². The molecule has 0 aliphatic rings. The predicted octanol–water partition coefficient (Wildman–Crippen LogP) is 1.31. The highest BCUT2D eigenvalue weighted by Crippen LogP contribution is 2.17. The van der Waals surface area contributed by atoms with Crippen LogP contribution in [0, 0.1) is 25.7 Å². The lowest BCUT2D eigenvalue weighted by Crippen LogP contribution is -2.26. The summed E-state index contributed by atoms with van der Waals surface area (Å²) in [5.41, 5.74) is 2.22. The normalized spacial score (nSPS) is 10.1. The number of aliphatic hydroxyl groups excluding tert-OH is 1. The van der Waals surface area contributed by atoms with E-state index in [2.05, 4.69) is 16.8 Å². The summed E-state index contributed by atoms with van der Waals surface area (Å²) in [7, 11) is 0. The molecule has 0 amide bonds. The van der Waals surface area contributed by atoms with Gasteiger partial charge in [-0.2, -0.15) is 4.98 Å². The highest BCUT2D eigenvalue weighted by atomic mass is 32.1. The van der Waals surface area contributed by atoms with Crippen LogP contribution in [0.4, 0.5) is 0 Å². The third kappa shape index (κ3) is 3.11. The Kier molecular flexibility index (Phi) is 4.15. The van der Waals surface area contributed by atoms with Gasteiger partial charge in [0.2, 0.25) is 0 Å². The standard InChI is InChI=1S/C14H14N2O2S/c1-10-8-11(2)16(14(18)15-10)9-13-12(4-3-6-17)5-7-19-13/h5,7-8,17H,6,9H2,1-2H3. The summed E-state index contributed by atoms with van der Waals surface area (Å²) < 4.78 is 1.63. The zero-order chi connectivity index (χ0) is 13.8. The molecule has 2 aromatic heterocycles. The summed E-state index contributed by atoms with van der Waals surface area (Å²) in [4.78, 5) is 16.8. The van der Waals surface area contributed by atoms with Crippen LogP contribution >= 0.6 is 11.3 Å². The maximum Gasteiger partial charge on any atom is 0.348 e. The van der Waals surface area contributed by atoms with Crippen molar-refractivity contribution in [2.45, 2.75) is 20.4 Å². The summed E-state index contributed by atoms with van der Waals surface area (Å²) >= 11 is 1.54. The molecule has 0 fully saturated rings. The third-order valence-corrected chi connectivity index (χ3v) is 3.60. The molecule has 2 rings (SSSR count). The molecule has 0 saturated carbocycles. The topological polar surface area (TPSA) is 55.1 Å². The van der Waals surface area contributed by atoms with Crippen LogP contribution in [0.25, 0.3) is 0 Å². The Balaban J connectivity index is 2.37. The lowest BCUT2D eigenvalue weighted by Gasteiger charge is -2.08. The van der Waals surface area contributed by atoms with E-state index in [0.717, 1.165) is 21.8 Å². The summed E-state index contributed by atoms with van der Waals surface area (Å²) in [6.45, 7) is 4.00. The van der Waals surface area contributed by atoms with Crippen LogP contribution in [0.3, 0.4) is 0 Å². The Bertz CT molecular complexity index is 704. The Hall–Kier alpha value is -1.90. The SMILES string of the molecule is Cc1cc(C)n(Cc2sccc2C#CCO)c(=O)n1. The van der Waals surface area contributed by atoms with E-state index in [4.69, 9.17) is 5.11 Å². The molecule has 2 aromatic rings. The molecule has 1 N–H and O–H groups in total. The highest BCUT2D eigenvalue weighted by molar-refractivity contribution is 7.10. The minimum absolute atomic E-state index is 0.166. The average Bonchev–Trinajstić information content (AvgIpc) is 2.78. The van der Waals surface area contributed by atoms with Gasteiger partial charge >= 0.3 is 5.69 Å². The van der Waals surface area contributed by atoms with Crippen LogP contribution in [-0.2, 0) is 6.54 Å². The molecular formula is C14H14N2O2S. The maximum absolute atomic E-state index is 11.9. The van der Waals surface area contributed by atoms with Gasteiger partial charge in [0.15, 0.2) is 0 Å². The molecule has 98 valence electrons. The van der Waals surface area contributed by atoms with Gasteiger partial charge in [-0.25, -0.2) is 4.79 Å². The van der Waals surface area contributed by atoms with E-state index in [1.165, 1.54) is 0 Å². The van der Waals surface area contributed by atoms with Gasteiger partial charge in [0.1, 0.15) is 6.61 Å². The number of hydrogen-bond acceptors (Lipinski definition) is 4. The first kappa shape index (κ1) is 13.5. The van der Waals surface area contributed by atoms with Crippen LogP contribution < -0.4 is 5.69 Å². The number of rotatable bonds is 2. The van der Waals surface area contributed by atoms with E-state index >= 15 is 0 Å². The molecule has 4 nitrogen and oxygen atoms in total. The zero-order valence-corrected chi connectivity index (χ0v) is 11.6. The smallest absolute Gasteiger partial charge is 0.348 e. The Labute approximate surface area is 115 Å². The zero-order valence-electron chi connectivity index (χ0n) is 10.8. The molecule has 0 spiro atoms. The Morgan fingerprint density at radius 2 is 2.26 bits per heavy atom. The van der Waals surface area contributed by atoms with Crippen molar-refractivity contribution >= 4 is 11.3 Å². The fourth-order valence-electron chi connectivity index (χ4n) is 1.82. The number of hydrogen-bond donors (Lipinski definition) is 1. The van der Waals surface area contributed by atoms with Crippen LogP contribution in [0.15, 0.2) is 22.3 Å². The number of aromatic nitrogens is 2. The largest absolute Gasteiger partial charge is 0.384 e. The van der Waals surface area contributed by atoms with Crippen molar-refractivity contribution in [3.63, 3.8) is 0 Å². The quantitative estimate of drug-likeness (QED) is 0.840. The fraction of sp³-hybridized carbons (Fsp3) is 0.286. The van der Waals surface area contributed by atoms with Gasteiger partial charge in [-0.05, 0) is 31.4 Å². The van der Waals surface area contributed by atoms with Gasteiger partial charge in [0.05, 0.1) is 6.54 Å². The molecule has 0 saturated heterocycles. The third-order valence-electron chi connectivity index (χ3n) is 2.70. The van der Waals surface area contributed by atoms with Crippen molar-refractivity contribution in [3.8, 4) is 11.8 Å². The molecule has 2 heterocycles. The molecule has 0 aliphatic carbocycles. The van der Waals surface area contributed by atoms with E-state index in [9.17, 15) is 4.79 Å². The van der Waals surface area contributed by atoms with E-state index < -0.39 is 0 Å². The molecular weight excluding hydrogens is 260 g/mol. The first-order valence-electron chi connectivity index (χ1n) is 5.83. The van der Waals surface area contributed by atoms with Crippen molar-refractivity contribution in [3.05, 3.63) is 49.8 Å². The fourth-order valence-corrected chi connectivity index (χ4v) is 2.64. The van der Waals surface area contributed by atoms with Gasteiger partial charge in [0.25, 0.3) is 0 Å². The van der Waals surface area contributed by atoms with E-state index in [0.29, 0.717) is 6.54 Å². The van der Waals surface area contributed by atoms with Crippen LogP contribution in [0.1, 0.15) is 21.8 Å². The number of thiophene rings is 1. The highest BCUT2D eigenvalue weighted by Gasteiger charge is 2.07. The van der Waals surface area contributed by atoms with Crippen molar-refractivity contribution in [1.29, 1.82) is 0 Å². The first-order chi connectivity index (χ1) is 9.11. The van der Waals surface area contributed by atoms with E-state index in [-0.39, 0.29) is 12.3 Å². The Morgan fingerprint density at radius 1 is 1.47 bits per heavy atom. The molecule has 0 unspecified atom stereocenters. The van der Waals surface area contributed by atoms with Gasteiger partial charge < -0.3 is 5.11 Å². The molecule has 0 bridgehead atoms. The molecule has 0 aliphatic heterocycles.